The molecule has 0 nitrogen and oxygen atoms in total. The molecule has 0 saturated carbocycles. The van der Waals surface area contributed by atoms with Gasteiger partial charge in [-0.2, -0.15) is 0 Å². The zero-order chi connectivity index (χ0) is 3.41. The second kappa shape index (κ2) is 8.84. The van der Waals surface area contributed by atoms with Gasteiger partial charge in [0.2, 0.25) is 0 Å². The first-order chi connectivity index (χ1) is 1.91. The first-order valence-electron chi connectivity index (χ1n) is 1.32. The Morgan fingerprint density at radius 2 is 1.80 bits per heavy atom. The van der Waals surface area contributed by atoms with Gasteiger partial charge in [0, 0.05) is 0 Å². The van der Waals surface area contributed by atoms with E-state index in [2.05, 4.69) is 13.5 Å². The van der Waals surface area contributed by atoms with Crippen molar-refractivity contribution in [3.63, 3.8) is 0 Å². The Balaban J connectivity index is 0. The fourth-order valence-electron chi connectivity index (χ4n) is 0. The summed E-state index contributed by atoms with van der Waals surface area (Å²) in [7, 11) is 0. The van der Waals surface area contributed by atoms with Crippen molar-refractivity contribution in [2.75, 3.05) is 0 Å². The number of hydrogen-bond donors (Lipinski definition) is 0. The Kier molecular flexibility index (Phi) is 15.9. The van der Waals surface area contributed by atoms with Crippen LogP contribution in [0.15, 0.2) is 12.7 Å². The van der Waals surface area contributed by atoms with Crippen LogP contribution < -0.4 is 0 Å². The molecule has 0 heterocycles. The van der Waals surface area contributed by atoms with Crippen molar-refractivity contribution < 1.29 is 0 Å². The third kappa shape index (κ3) is 13.2. The van der Waals surface area contributed by atoms with Gasteiger partial charge in [0.1, 0.15) is 0 Å². The van der Waals surface area contributed by atoms with E-state index in [9.17, 15) is 0 Å². The van der Waals surface area contributed by atoms with Crippen LogP contribution >= 0.6 is 0 Å². The quantitative estimate of drug-likeness (QED) is 0.311. The molecule has 0 aliphatic heterocycles. The molecule has 0 N–H and O–H groups in total. The SMILES string of the molecule is [CH2]CC=C.[LiH]. The average Bonchev–Trinajstić information content (AvgIpc) is 1.37. The summed E-state index contributed by atoms with van der Waals surface area (Å²) < 4.78 is 0. The van der Waals surface area contributed by atoms with E-state index in [1.54, 1.807) is 6.08 Å². The summed E-state index contributed by atoms with van der Waals surface area (Å²) in [6, 6.07) is 0. The van der Waals surface area contributed by atoms with E-state index < -0.39 is 0 Å². The summed E-state index contributed by atoms with van der Waals surface area (Å²) in [5.74, 6) is 0. The Morgan fingerprint density at radius 3 is 1.80 bits per heavy atom. The first-order valence-corrected chi connectivity index (χ1v) is 1.32. The van der Waals surface area contributed by atoms with Crippen molar-refractivity contribution in [2.24, 2.45) is 0 Å². The van der Waals surface area contributed by atoms with E-state index in [-0.39, 0.29) is 18.9 Å². The van der Waals surface area contributed by atoms with E-state index in [1.807, 2.05) is 0 Å². The topological polar surface area (TPSA) is 0 Å². The van der Waals surface area contributed by atoms with Crippen LogP contribution in [-0.2, 0) is 0 Å². The van der Waals surface area contributed by atoms with Crippen molar-refractivity contribution in [3.8, 4) is 0 Å². The number of allylic oxidation sites excluding steroid dienone is 1. The van der Waals surface area contributed by atoms with Gasteiger partial charge in [0.25, 0.3) is 0 Å². The maximum atomic E-state index is 3.49. The molecule has 0 aromatic carbocycles. The standard InChI is InChI=1S/C4H7.Li.H/c1-3-4-2;;/h3H,1-2,4H2;;. The molecule has 0 bridgehead atoms. The number of rotatable bonds is 1. The van der Waals surface area contributed by atoms with Gasteiger partial charge in [0.15, 0.2) is 0 Å². The molecule has 0 aliphatic carbocycles. The Hall–Kier alpha value is 0.337. The normalized spacial score (nSPS) is 5.00. The predicted molar refractivity (Wildman–Crippen MR) is 27.3 cm³/mol. The molecule has 25 valence electrons. The summed E-state index contributed by atoms with van der Waals surface area (Å²) in [5.41, 5.74) is 0. The van der Waals surface area contributed by atoms with Crippen LogP contribution in [-0.4, -0.2) is 18.9 Å². The van der Waals surface area contributed by atoms with Gasteiger partial charge >= 0.3 is 18.9 Å². The molecule has 5 heavy (non-hydrogen) atoms. The molecule has 0 aromatic rings. The monoisotopic (exact) mass is 63.1 g/mol. The van der Waals surface area contributed by atoms with E-state index in [0.29, 0.717) is 0 Å². The molecule has 0 spiro atoms. The molecule has 0 fully saturated rings. The Morgan fingerprint density at radius 1 is 1.60 bits per heavy atom. The van der Waals surface area contributed by atoms with Gasteiger partial charge < -0.3 is 0 Å². The van der Waals surface area contributed by atoms with Crippen LogP contribution in [0.25, 0.3) is 0 Å². The molecule has 0 saturated heterocycles. The summed E-state index contributed by atoms with van der Waals surface area (Å²) in [5, 5.41) is 0. The van der Waals surface area contributed by atoms with Crippen molar-refractivity contribution in [2.45, 2.75) is 6.42 Å². The fraction of sp³-hybridized carbons (Fsp3) is 0.250. The van der Waals surface area contributed by atoms with Crippen LogP contribution in [0.4, 0.5) is 0 Å². The van der Waals surface area contributed by atoms with Crippen molar-refractivity contribution in [1.82, 2.24) is 0 Å². The summed E-state index contributed by atoms with van der Waals surface area (Å²) >= 11 is 0. The van der Waals surface area contributed by atoms with Crippen LogP contribution in [0.5, 0.6) is 0 Å². The van der Waals surface area contributed by atoms with Gasteiger partial charge in [-0.3, -0.25) is 0 Å². The second-order valence-corrected chi connectivity index (χ2v) is 0.577. The Labute approximate surface area is 45.4 Å². The van der Waals surface area contributed by atoms with Crippen LogP contribution in [0.3, 0.4) is 0 Å². The van der Waals surface area contributed by atoms with Crippen LogP contribution in [0, 0.1) is 6.92 Å². The van der Waals surface area contributed by atoms with Gasteiger partial charge in [-0.25, -0.2) is 0 Å². The predicted octanol–water partition coefficient (Wildman–Crippen LogP) is 0.748. The van der Waals surface area contributed by atoms with Crippen LogP contribution in [0.2, 0.25) is 0 Å². The fourth-order valence-corrected chi connectivity index (χ4v) is 0. The van der Waals surface area contributed by atoms with Crippen molar-refractivity contribution in [3.05, 3.63) is 19.6 Å². The zero-order valence-electron chi connectivity index (χ0n) is 2.70. The first kappa shape index (κ1) is 9.02. The van der Waals surface area contributed by atoms with E-state index in [4.69, 9.17) is 0 Å². The molecular formula is C4H8Li. The molecule has 0 amide bonds. The Bertz CT molecular complexity index is 17.6. The van der Waals surface area contributed by atoms with E-state index >= 15 is 0 Å². The van der Waals surface area contributed by atoms with Crippen molar-refractivity contribution >= 4 is 18.9 Å². The average molecular weight is 63.0 g/mol. The molecule has 0 unspecified atom stereocenters. The van der Waals surface area contributed by atoms with Crippen molar-refractivity contribution in [1.29, 1.82) is 0 Å². The molecule has 1 heteroatoms. The molecule has 0 aliphatic rings. The van der Waals surface area contributed by atoms with Gasteiger partial charge in [0.05, 0.1) is 0 Å². The summed E-state index contributed by atoms with van der Waals surface area (Å²) in [6.45, 7) is 6.90. The third-order valence-corrected chi connectivity index (χ3v) is 0.204. The molecular weight excluding hydrogens is 55.0 g/mol. The molecule has 1 radical (unpaired) electrons. The van der Waals surface area contributed by atoms with Gasteiger partial charge in [-0.15, -0.1) is 6.58 Å². The second-order valence-electron chi connectivity index (χ2n) is 0.577. The van der Waals surface area contributed by atoms with Crippen LogP contribution in [0.1, 0.15) is 6.42 Å². The van der Waals surface area contributed by atoms with Gasteiger partial charge in [-0.05, 0) is 13.3 Å². The van der Waals surface area contributed by atoms with Gasteiger partial charge in [-0.1, -0.05) is 6.08 Å². The summed E-state index contributed by atoms with van der Waals surface area (Å²) in [4.78, 5) is 0. The zero-order valence-corrected chi connectivity index (χ0v) is 2.70. The van der Waals surface area contributed by atoms with E-state index in [1.165, 1.54) is 0 Å². The molecule has 0 atom stereocenters. The third-order valence-electron chi connectivity index (χ3n) is 0.204. The minimum absolute atomic E-state index is 0. The minimum atomic E-state index is 0. The number of hydrogen-bond acceptors (Lipinski definition) is 0. The van der Waals surface area contributed by atoms with E-state index in [0.717, 1.165) is 6.42 Å². The maximum absolute atomic E-state index is 3.49. The molecule has 0 rings (SSSR count). The summed E-state index contributed by atoms with van der Waals surface area (Å²) in [6.07, 6.45) is 2.60. The molecule has 0 aromatic heterocycles.